The van der Waals surface area contributed by atoms with Crippen molar-refractivity contribution in [1.82, 2.24) is 5.32 Å². The maximum Gasteiger partial charge on any atom is 0.157 e. The second-order valence-electron chi connectivity index (χ2n) is 4.92. The molecule has 0 saturated carbocycles. The smallest absolute Gasteiger partial charge is 0.157 e. The minimum atomic E-state index is 0.137. The molecule has 0 bridgehead atoms. The van der Waals surface area contributed by atoms with E-state index in [1.807, 2.05) is 11.8 Å². The van der Waals surface area contributed by atoms with Gasteiger partial charge < -0.3 is 5.32 Å². The minimum Gasteiger partial charge on any atom is -0.360 e. The molecule has 2 nitrogen and oxygen atoms in total. The molecule has 1 aliphatic rings. The maximum absolute atomic E-state index is 4.49. The number of thioether (sulfide) groups is 1. The lowest BCUT2D eigenvalue weighted by Gasteiger charge is -2.22. The normalized spacial score (nSPS) is 23.5. The first-order valence-electron chi connectivity index (χ1n) is 4.88. The van der Waals surface area contributed by atoms with E-state index in [-0.39, 0.29) is 5.54 Å². The van der Waals surface area contributed by atoms with Gasteiger partial charge in [-0.3, -0.25) is 4.99 Å². The van der Waals surface area contributed by atoms with Gasteiger partial charge in [0, 0.05) is 10.8 Å². The number of nitrogens with zero attached hydrogens (tertiary/aromatic N) is 1. The van der Waals surface area contributed by atoms with E-state index in [9.17, 15) is 0 Å². The van der Waals surface area contributed by atoms with E-state index in [1.165, 1.54) is 0 Å². The second-order valence-corrected chi connectivity index (χ2v) is 6.15. The van der Waals surface area contributed by atoms with Crippen molar-refractivity contribution in [2.24, 2.45) is 10.9 Å². The Morgan fingerprint density at radius 3 is 2.46 bits per heavy atom. The van der Waals surface area contributed by atoms with Crippen LogP contribution in [-0.4, -0.2) is 22.5 Å². The Kier molecular flexibility index (Phi) is 3.28. The second kappa shape index (κ2) is 3.91. The first kappa shape index (κ1) is 10.9. The topological polar surface area (TPSA) is 24.4 Å². The van der Waals surface area contributed by atoms with Crippen molar-refractivity contribution < 1.29 is 0 Å². The van der Waals surface area contributed by atoms with Crippen molar-refractivity contribution in [2.45, 2.75) is 45.4 Å². The van der Waals surface area contributed by atoms with Crippen molar-refractivity contribution >= 4 is 16.9 Å². The zero-order valence-corrected chi connectivity index (χ0v) is 10.0. The first-order valence-corrected chi connectivity index (χ1v) is 5.76. The first-order chi connectivity index (χ1) is 5.88. The van der Waals surface area contributed by atoms with E-state index < -0.39 is 0 Å². The van der Waals surface area contributed by atoms with Gasteiger partial charge in [0.05, 0.1) is 6.54 Å². The third-order valence-electron chi connectivity index (χ3n) is 1.90. The molecule has 1 unspecified atom stereocenters. The monoisotopic (exact) mass is 200 g/mol. The summed E-state index contributed by atoms with van der Waals surface area (Å²) in [6.45, 7) is 12.0. The molecule has 13 heavy (non-hydrogen) atoms. The van der Waals surface area contributed by atoms with Crippen LogP contribution in [0.1, 0.15) is 34.6 Å². The summed E-state index contributed by atoms with van der Waals surface area (Å²) in [6.07, 6.45) is 0. The summed E-state index contributed by atoms with van der Waals surface area (Å²) in [5.74, 6) is 0.716. The molecule has 1 atom stereocenters. The van der Waals surface area contributed by atoms with Crippen LogP contribution < -0.4 is 5.32 Å². The quantitative estimate of drug-likeness (QED) is 0.703. The van der Waals surface area contributed by atoms with E-state index in [2.05, 4.69) is 44.9 Å². The zero-order valence-electron chi connectivity index (χ0n) is 9.22. The molecule has 0 spiro atoms. The number of hydrogen-bond acceptors (Lipinski definition) is 3. The van der Waals surface area contributed by atoms with Crippen molar-refractivity contribution in [3.05, 3.63) is 0 Å². The van der Waals surface area contributed by atoms with Gasteiger partial charge in [-0.15, -0.1) is 0 Å². The molecular formula is C10H20N2S. The molecular weight excluding hydrogens is 180 g/mol. The molecule has 0 aromatic heterocycles. The summed E-state index contributed by atoms with van der Waals surface area (Å²) in [5.41, 5.74) is 0.137. The standard InChI is InChI=1S/C10H20N2S/c1-7(2)8-6-11-9(13-8)12-10(3,4)5/h7-8H,6H2,1-5H3,(H,11,12). The Morgan fingerprint density at radius 1 is 1.46 bits per heavy atom. The van der Waals surface area contributed by atoms with Crippen LogP contribution in [0, 0.1) is 5.92 Å². The summed E-state index contributed by atoms with van der Waals surface area (Å²) in [5, 5.41) is 5.20. The zero-order chi connectivity index (χ0) is 10.1. The van der Waals surface area contributed by atoms with Gasteiger partial charge >= 0.3 is 0 Å². The number of hydrogen-bond donors (Lipinski definition) is 1. The Hall–Kier alpha value is -0.180. The van der Waals surface area contributed by atoms with Gasteiger partial charge in [0.25, 0.3) is 0 Å². The van der Waals surface area contributed by atoms with Crippen LogP contribution >= 0.6 is 11.8 Å². The van der Waals surface area contributed by atoms with Gasteiger partial charge in [0.15, 0.2) is 5.17 Å². The van der Waals surface area contributed by atoms with Crippen LogP contribution in [0.4, 0.5) is 0 Å². The highest BCUT2D eigenvalue weighted by Crippen LogP contribution is 2.26. The minimum absolute atomic E-state index is 0.137. The van der Waals surface area contributed by atoms with Crippen LogP contribution in [0.3, 0.4) is 0 Å². The van der Waals surface area contributed by atoms with Gasteiger partial charge in [-0.05, 0) is 26.7 Å². The highest BCUT2D eigenvalue weighted by Gasteiger charge is 2.24. The summed E-state index contributed by atoms with van der Waals surface area (Å²) in [4.78, 5) is 4.49. The molecule has 1 N–H and O–H groups in total. The van der Waals surface area contributed by atoms with Crippen LogP contribution in [0.2, 0.25) is 0 Å². The average Bonchev–Trinajstić information content (AvgIpc) is 2.31. The van der Waals surface area contributed by atoms with Crippen molar-refractivity contribution in [1.29, 1.82) is 0 Å². The molecule has 1 rings (SSSR count). The Balaban J connectivity index is 2.41. The summed E-state index contributed by atoms with van der Waals surface area (Å²) < 4.78 is 0. The van der Waals surface area contributed by atoms with Gasteiger partial charge in [-0.1, -0.05) is 25.6 Å². The van der Waals surface area contributed by atoms with E-state index in [4.69, 9.17) is 0 Å². The predicted molar refractivity (Wildman–Crippen MR) is 61.4 cm³/mol. The molecule has 0 aliphatic carbocycles. The van der Waals surface area contributed by atoms with E-state index in [0.29, 0.717) is 11.2 Å². The van der Waals surface area contributed by atoms with Crippen LogP contribution in [0.5, 0.6) is 0 Å². The average molecular weight is 200 g/mol. The number of nitrogens with one attached hydrogen (secondary N) is 1. The molecule has 0 aromatic rings. The molecule has 0 radical (unpaired) electrons. The SMILES string of the molecule is CC(C)C1CN=C(NC(C)(C)C)S1. The lowest BCUT2D eigenvalue weighted by molar-refractivity contribution is 0.515. The van der Waals surface area contributed by atoms with Gasteiger partial charge in [0.1, 0.15) is 0 Å². The number of amidine groups is 1. The Morgan fingerprint density at radius 2 is 2.08 bits per heavy atom. The van der Waals surface area contributed by atoms with E-state index >= 15 is 0 Å². The lowest BCUT2D eigenvalue weighted by Crippen LogP contribution is -2.38. The van der Waals surface area contributed by atoms with E-state index in [1.54, 1.807) is 0 Å². The molecule has 76 valence electrons. The third kappa shape index (κ3) is 3.59. The summed E-state index contributed by atoms with van der Waals surface area (Å²) >= 11 is 1.88. The van der Waals surface area contributed by atoms with Gasteiger partial charge in [0.2, 0.25) is 0 Å². The fraction of sp³-hybridized carbons (Fsp3) is 0.900. The highest BCUT2D eigenvalue weighted by atomic mass is 32.2. The van der Waals surface area contributed by atoms with Crippen LogP contribution in [-0.2, 0) is 0 Å². The molecule has 0 fully saturated rings. The number of aliphatic imine (C=N–C) groups is 1. The molecule has 3 heteroatoms. The van der Waals surface area contributed by atoms with Crippen LogP contribution in [0.15, 0.2) is 4.99 Å². The van der Waals surface area contributed by atoms with Gasteiger partial charge in [-0.2, -0.15) is 0 Å². The molecule has 1 heterocycles. The molecule has 0 saturated heterocycles. The summed E-state index contributed by atoms with van der Waals surface area (Å²) in [7, 11) is 0. The third-order valence-corrected chi connectivity index (χ3v) is 3.35. The summed E-state index contributed by atoms with van der Waals surface area (Å²) in [6, 6.07) is 0. The lowest BCUT2D eigenvalue weighted by atomic mass is 10.1. The molecule has 0 amide bonds. The van der Waals surface area contributed by atoms with Crippen molar-refractivity contribution in [3.63, 3.8) is 0 Å². The largest absolute Gasteiger partial charge is 0.360 e. The van der Waals surface area contributed by atoms with Gasteiger partial charge in [-0.25, -0.2) is 0 Å². The Bertz CT molecular complexity index is 203. The number of rotatable bonds is 1. The highest BCUT2D eigenvalue weighted by molar-refractivity contribution is 8.14. The predicted octanol–water partition coefficient (Wildman–Crippen LogP) is 2.50. The Labute approximate surface area is 85.6 Å². The fourth-order valence-corrected chi connectivity index (χ4v) is 2.35. The maximum atomic E-state index is 4.49. The molecule has 0 aromatic carbocycles. The fourth-order valence-electron chi connectivity index (χ4n) is 1.13. The van der Waals surface area contributed by atoms with Crippen molar-refractivity contribution in [2.75, 3.05) is 6.54 Å². The van der Waals surface area contributed by atoms with E-state index in [0.717, 1.165) is 11.7 Å². The van der Waals surface area contributed by atoms with Crippen LogP contribution in [0.25, 0.3) is 0 Å². The van der Waals surface area contributed by atoms with Crippen molar-refractivity contribution in [3.8, 4) is 0 Å². The molecule has 1 aliphatic heterocycles.